The lowest BCUT2D eigenvalue weighted by molar-refractivity contribution is 0.555. The number of aromatic amines is 1. The highest BCUT2D eigenvalue weighted by atomic mass is 32.2. The number of rotatable bonds is 5. The molecule has 1 aromatic heterocycles. The van der Waals surface area contributed by atoms with E-state index in [0.29, 0.717) is 0 Å². The molecule has 0 aliphatic rings. The number of nitrogens with one attached hydrogen (secondary N) is 2. The van der Waals surface area contributed by atoms with Crippen LogP contribution in [0.4, 0.5) is 0 Å². The van der Waals surface area contributed by atoms with Crippen molar-refractivity contribution in [3.8, 4) is 0 Å². The topological polar surface area (TPSA) is 101 Å². The first-order valence-corrected chi connectivity index (χ1v) is 6.87. The van der Waals surface area contributed by atoms with Gasteiger partial charge in [0.1, 0.15) is 0 Å². The van der Waals surface area contributed by atoms with Crippen molar-refractivity contribution >= 4 is 10.0 Å². The number of H-pyrrole nitrogens is 1. The highest BCUT2D eigenvalue weighted by Crippen LogP contribution is 2.14. The number of aromatic nitrogens is 2. The Morgan fingerprint density at radius 3 is 2.61 bits per heavy atom. The highest BCUT2D eigenvalue weighted by Gasteiger charge is 2.21. The van der Waals surface area contributed by atoms with E-state index in [-0.39, 0.29) is 11.6 Å². The second-order valence-corrected chi connectivity index (χ2v) is 5.42. The van der Waals surface area contributed by atoms with Crippen LogP contribution < -0.4 is 10.5 Å². The van der Waals surface area contributed by atoms with Crippen molar-refractivity contribution in [1.29, 1.82) is 0 Å². The van der Waals surface area contributed by atoms with E-state index in [1.54, 1.807) is 0 Å². The summed E-state index contributed by atoms with van der Waals surface area (Å²) in [6, 6.07) is 8.73. The minimum absolute atomic E-state index is 0.0249. The van der Waals surface area contributed by atoms with E-state index >= 15 is 0 Å². The van der Waals surface area contributed by atoms with E-state index in [1.807, 2.05) is 30.3 Å². The van der Waals surface area contributed by atoms with Gasteiger partial charge in [0.05, 0.1) is 18.6 Å². The van der Waals surface area contributed by atoms with Gasteiger partial charge in [-0.25, -0.2) is 18.1 Å². The summed E-state index contributed by atoms with van der Waals surface area (Å²) in [5, 5.41) is 0.0249. The molecule has 0 aliphatic heterocycles. The van der Waals surface area contributed by atoms with Crippen molar-refractivity contribution < 1.29 is 8.42 Å². The molecule has 18 heavy (non-hydrogen) atoms. The molecule has 0 fully saturated rings. The van der Waals surface area contributed by atoms with Crippen molar-refractivity contribution in [1.82, 2.24) is 14.7 Å². The maximum absolute atomic E-state index is 12.0. The Morgan fingerprint density at radius 1 is 1.33 bits per heavy atom. The zero-order valence-electron chi connectivity index (χ0n) is 9.58. The third-order valence-corrected chi connectivity index (χ3v) is 3.89. The molecule has 0 bridgehead atoms. The molecule has 1 atom stereocenters. The van der Waals surface area contributed by atoms with Gasteiger partial charge in [0.15, 0.2) is 5.03 Å². The van der Waals surface area contributed by atoms with Crippen LogP contribution in [0.3, 0.4) is 0 Å². The van der Waals surface area contributed by atoms with Crippen molar-refractivity contribution in [3.05, 3.63) is 48.4 Å². The summed E-state index contributed by atoms with van der Waals surface area (Å²) in [7, 11) is -3.62. The molecular weight excluding hydrogens is 252 g/mol. The summed E-state index contributed by atoms with van der Waals surface area (Å²) in [6.45, 7) is 0.178. The molecule has 1 unspecified atom stereocenters. The SMILES string of the molecule is NCC(NS(=O)(=O)c1cnc[nH]1)c1ccccc1. The summed E-state index contributed by atoms with van der Waals surface area (Å²) in [6.07, 6.45) is 2.56. The smallest absolute Gasteiger partial charge is 0.258 e. The molecular formula is C11H14N4O2S. The number of hydrogen-bond acceptors (Lipinski definition) is 4. The number of sulfonamides is 1. The molecule has 4 N–H and O–H groups in total. The number of imidazole rings is 1. The Bertz CT molecular complexity index is 581. The van der Waals surface area contributed by atoms with E-state index in [0.717, 1.165) is 5.56 Å². The molecule has 0 radical (unpaired) electrons. The molecule has 0 aliphatic carbocycles. The average molecular weight is 266 g/mol. The van der Waals surface area contributed by atoms with Gasteiger partial charge in [-0.1, -0.05) is 30.3 Å². The average Bonchev–Trinajstić information content (AvgIpc) is 2.92. The van der Waals surface area contributed by atoms with Crippen molar-refractivity contribution in [2.45, 2.75) is 11.1 Å². The van der Waals surface area contributed by atoms with Crippen LogP contribution in [0.1, 0.15) is 11.6 Å². The standard InChI is InChI=1S/C11H14N4O2S/c12-6-10(9-4-2-1-3-5-9)15-18(16,17)11-7-13-8-14-11/h1-5,7-8,10,15H,6,12H2,(H,13,14). The minimum atomic E-state index is -3.62. The highest BCUT2D eigenvalue weighted by molar-refractivity contribution is 7.89. The first-order valence-electron chi connectivity index (χ1n) is 5.39. The lowest BCUT2D eigenvalue weighted by Crippen LogP contribution is -2.33. The first kappa shape index (κ1) is 12.7. The summed E-state index contributed by atoms with van der Waals surface area (Å²) in [5.74, 6) is 0. The Hall–Kier alpha value is -1.70. The normalized spacial score (nSPS) is 13.4. The molecule has 0 spiro atoms. The van der Waals surface area contributed by atoms with Crippen LogP contribution in [0, 0.1) is 0 Å². The molecule has 6 nitrogen and oxygen atoms in total. The number of nitrogens with zero attached hydrogens (tertiary/aromatic N) is 1. The van der Waals surface area contributed by atoms with Gasteiger partial charge < -0.3 is 10.7 Å². The molecule has 96 valence electrons. The van der Waals surface area contributed by atoms with Crippen LogP contribution in [0.2, 0.25) is 0 Å². The van der Waals surface area contributed by atoms with Gasteiger partial charge in [0, 0.05) is 6.54 Å². The van der Waals surface area contributed by atoms with Gasteiger partial charge in [-0.15, -0.1) is 0 Å². The van der Waals surface area contributed by atoms with E-state index < -0.39 is 16.1 Å². The van der Waals surface area contributed by atoms with Gasteiger partial charge >= 0.3 is 0 Å². The third-order valence-electron chi connectivity index (χ3n) is 2.50. The fraction of sp³-hybridized carbons (Fsp3) is 0.182. The van der Waals surface area contributed by atoms with Crippen LogP contribution in [0.15, 0.2) is 47.9 Å². The van der Waals surface area contributed by atoms with Crippen molar-refractivity contribution in [2.24, 2.45) is 5.73 Å². The Morgan fingerprint density at radius 2 is 2.06 bits per heavy atom. The number of hydrogen-bond donors (Lipinski definition) is 3. The number of benzene rings is 1. The van der Waals surface area contributed by atoms with Crippen LogP contribution in [-0.2, 0) is 10.0 Å². The molecule has 2 rings (SSSR count). The summed E-state index contributed by atoms with van der Waals surface area (Å²) in [5.41, 5.74) is 6.43. The Labute approximate surface area is 105 Å². The zero-order valence-corrected chi connectivity index (χ0v) is 10.4. The van der Waals surface area contributed by atoms with E-state index in [1.165, 1.54) is 12.5 Å². The second-order valence-electron chi connectivity index (χ2n) is 3.74. The van der Waals surface area contributed by atoms with E-state index in [9.17, 15) is 8.42 Å². The fourth-order valence-corrected chi connectivity index (χ4v) is 2.72. The molecule has 7 heteroatoms. The van der Waals surface area contributed by atoms with Gasteiger partial charge in [-0.2, -0.15) is 0 Å². The van der Waals surface area contributed by atoms with Crippen LogP contribution in [0.25, 0.3) is 0 Å². The third kappa shape index (κ3) is 2.76. The van der Waals surface area contributed by atoms with Crippen LogP contribution in [0.5, 0.6) is 0 Å². The lowest BCUT2D eigenvalue weighted by atomic mass is 10.1. The molecule has 1 aromatic carbocycles. The van der Waals surface area contributed by atoms with Crippen molar-refractivity contribution in [2.75, 3.05) is 6.54 Å². The minimum Gasteiger partial charge on any atom is -0.335 e. The summed E-state index contributed by atoms with van der Waals surface area (Å²) < 4.78 is 26.5. The predicted octanol–water partition coefficient (Wildman–Crippen LogP) is 0.388. The van der Waals surface area contributed by atoms with Gasteiger partial charge in [-0.05, 0) is 5.56 Å². The van der Waals surface area contributed by atoms with Crippen LogP contribution in [-0.4, -0.2) is 24.9 Å². The Kier molecular flexibility index (Phi) is 3.75. The van der Waals surface area contributed by atoms with Gasteiger partial charge in [-0.3, -0.25) is 0 Å². The first-order chi connectivity index (χ1) is 8.63. The molecule has 0 amide bonds. The molecule has 2 aromatic rings. The van der Waals surface area contributed by atoms with Gasteiger partial charge in [0.25, 0.3) is 10.0 Å². The molecule has 0 saturated carbocycles. The molecule has 1 heterocycles. The summed E-state index contributed by atoms with van der Waals surface area (Å²) in [4.78, 5) is 6.24. The maximum atomic E-state index is 12.0. The molecule has 0 saturated heterocycles. The number of nitrogens with two attached hydrogens (primary N) is 1. The largest absolute Gasteiger partial charge is 0.335 e. The maximum Gasteiger partial charge on any atom is 0.258 e. The summed E-state index contributed by atoms with van der Waals surface area (Å²) >= 11 is 0. The Balaban J connectivity index is 2.22. The van der Waals surface area contributed by atoms with Crippen LogP contribution >= 0.6 is 0 Å². The second kappa shape index (κ2) is 5.30. The predicted molar refractivity (Wildman–Crippen MR) is 67.1 cm³/mol. The lowest BCUT2D eigenvalue weighted by Gasteiger charge is -2.16. The van der Waals surface area contributed by atoms with E-state index in [2.05, 4.69) is 14.7 Å². The monoisotopic (exact) mass is 266 g/mol. The fourth-order valence-electron chi connectivity index (χ4n) is 1.58. The van der Waals surface area contributed by atoms with Gasteiger partial charge in [0.2, 0.25) is 0 Å². The van der Waals surface area contributed by atoms with E-state index in [4.69, 9.17) is 5.73 Å². The quantitative estimate of drug-likeness (QED) is 0.728. The zero-order chi connectivity index (χ0) is 13.0. The van der Waals surface area contributed by atoms with Crippen molar-refractivity contribution in [3.63, 3.8) is 0 Å².